The number of rotatable bonds is 2. The van der Waals surface area contributed by atoms with Crippen molar-refractivity contribution in [1.82, 2.24) is 24.9 Å². The molecule has 4 aromatic heterocycles. The molecule has 24 heavy (non-hydrogen) atoms. The number of hydrogen-bond donors (Lipinski definition) is 0. The van der Waals surface area contributed by atoms with Gasteiger partial charge in [0.15, 0.2) is 5.82 Å². The quantitative estimate of drug-likeness (QED) is 0.473. The number of thiophene rings is 2. The summed E-state index contributed by atoms with van der Waals surface area (Å²) < 4.78 is 2.46. The van der Waals surface area contributed by atoms with Crippen molar-refractivity contribution in [3.05, 3.63) is 54.0 Å². The van der Waals surface area contributed by atoms with Crippen LogP contribution in [0.5, 0.6) is 0 Å². The van der Waals surface area contributed by atoms with Crippen molar-refractivity contribution >= 4 is 43.1 Å². The van der Waals surface area contributed by atoms with Crippen molar-refractivity contribution < 1.29 is 0 Å². The van der Waals surface area contributed by atoms with Gasteiger partial charge in [0.2, 0.25) is 0 Å². The average Bonchev–Trinajstić information content (AvgIpc) is 3.24. The summed E-state index contributed by atoms with van der Waals surface area (Å²) in [5.74, 6) is 0.717. The smallest absolute Gasteiger partial charge is 0.164 e. The van der Waals surface area contributed by atoms with Crippen LogP contribution in [-0.2, 0) is 0 Å². The lowest BCUT2D eigenvalue weighted by Gasteiger charge is -2.00. The first-order chi connectivity index (χ1) is 11.9. The Bertz CT molecular complexity index is 1160. The zero-order valence-electron chi connectivity index (χ0n) is 12.2. The highest BCUT2D eigenvalue weighted by Gasteiger charge is 2.15. The summed E-state index contributed by atoms with van der Waals surface area (Å²) in [6.45, 7) is 0. The molecule has 5 nitrogen and oxygen atoms in total. The zero-order valence-corrected chi connectivity index (χ0v) is 13.9. The van der Waals surface area contributed by atoms with Crippen LogP contribution in [0.25, 0.3) is 42.9 Å². The number of fused-ring (bicyclic) bond motifs is 2. The number of aromatic nitrogens is 5. The van der Waals surface area contributed by atoms with Crippen LogP contribution in [0.1, 0.15) is 0 Å². The van der Waals surface area contributed by atoms with E-state index >= 15 is 0 Å². The van der Waals surface area contributed by atoms with Gasteiger partial charge in [0.1, 0.15) is 12.7 Å². The molecule has 0 atom stereocenters. The van der Waals surface area contributed by atoms with E-state index in [1.807, 2.05) is 6.07 Å². The minimum absolute atomic E-state index is 0.717. The summed E-state index contributed by atoms with van der Waals surface area (Å²) in [4.78, 5) is 21.2. The van der Waals surface area contributed by atoms with Crippen molar-refractivity contribution in [2.24, 2.45) is 0 Å². The van der Waals surface area contributed by atoms with Crippen LogP contribution in [0.3, 0.4) is 0 Å². The lowest BCUT2D eigenvalue weighted by Crippen LogP contribution is -1.86. The first-order valence-corrected chi connectivity index (χ1v) is 8.98. The average molecular weight is 347 g/mol. The van der Waals surface area contributed by atoms with Gasteiger partial charge in [-0.05, 0) is 17.7 Å². The third-order valence-electron chi connectivity index (χ3n) is 3.80. The number of benzene rings is 1. The number of nitrogens with zero attached hydrogens (tertiary/aromatic N) is 5. The second-order valence-corrected chi connectivity index (χ2v) is 6.94. The molecule has 0 amide bonds. The fourth-order valence-corrected chi connectivity index (χ4v) is 5.09. The molecule has 5 rings (SSSR count). The van der Waals surface area contributed by atoms with Crippen molar-refractivity contribution in [2.45, 2.75) is 0 Å². The highest BCUT2D eigenvalue weighted by molar-refractivity contribution is 7.27. The highest BCUT2D eigenvalue weighted by atomic mass is 32.1. The summed E-state index contributed by atoms with van der Waals surface area (Å²) in [6.07, 6.45) is 6.50. The van der Waals surface area contributed by atoms with Gasteiger partial charge in [0.05, 0.1) is 20.4 Å². The Labute approximate surface area is 144 Å². The molecule has 0 spiro atoms. The van der Waals surface area contributed by atoms with Gasteiger partial charge in [-0.1, -0.05) is 6.07 Å². The van der Waals surface area contributed by atoms with Crippen LogP contribution in [-0.4, -0.2) is 24.9 Å². The van der Waals surface area contributed by atoms with Gasteiger partial charge in [-0.2, -0.15) is 0 Å². The second-order valence-electron chi connectivity index (χ2n) is 5.18. The lowest BCUT2D eigenvalue weighted by molar-refractivity contribution is 1.06. The Morgan fingerprint density at radius 2 is 1.42 bits per heavy atom. The molecule has 0 saturated heterocycles. The summed E-state index contributed by atoms with van der Waals surface area (Å²) in [5.41, 5.74) is 5.24. The van der Waals surface area contributed by atoms with E-state index in [0.717, 1.165) is 22.2 Å². The van der Waals surface area contributed by atoms with Crippen LogP contribution in [0.4, 0.5) is 0 Å². The van der Waals surface area contributed by atoms with Gasteiger partial charge in [0, 0.05) is 34.3 Å². The van der Waals surface area contributed by atoms with E-state index < -0.39 is 0 Å². The molecular weight excluding hydrogens is 338 g/mol. The molecule has 0 unspecified atom stereocenters. The topological polar surface area (TPSA) is 64.5 Å². The maximum atomic E-state index is 4.40. The normalized spacial score (nSPS) is 11.3. The van der Waals surface area contributed by atoms with E-state index in [-0.39, 0.29) is 0 Å². The lowest BCUT2D eigenvalue weighted by atomic mass is 10.1. The third-order valence-corrected chi connectivity index (χ3v) is 5.96. The van der Waals surface area contributed by atoms with E-state index in [0.29, 0.717) is 5.82 Å². The molecule has 0 aliphatic rings. The number of hydrogen-bond acceptors (Lipinski definition) is 7. The van der Waals surface area contributed by atoms with E-state index in [4.69, 9.17) is 0 Å². The van der Waals surface area contributed by atoms with Crippen LogP contribution in [0, 0.1) is 0 Å². The van der Waals surface area contributed by atoms with E-state index in [9.17, 15) is 0 Å². The highest BCUT2D eigenvalue weighted by Crippen LogP contribution is 2.43. The van der Waals surface area contributed by atoms with Crippen LogP contribution < -0.4 is 0 Å². The molecule has 0 aliphatic heterocycles. The molecule has 1 aromatic carbocycles. The maximum Gasteiger partial charge on any atom is 0.164 e. The van der Waals surface area contributed by atoms with Gasteiger partial charge in [-0.25, -0.2) is 15.0 Å². The van der Waals surface area contributed by atoms with Gasteiger partial charge in [-0.3, -0.25) is 9.97 Å². The monoisotopic (exact) mass is 347 g/mol. The molecule has 5 aromatic rings. The summed E-state index contributed by atoms with van der Waals surface area (Å²) in [6, 6.07) is 6.20. The van der Waals surface area contributed by atoms with Gasteiger partial charge in [-0.15, -0.1) is 22.7 Å². The van der Waals surface area contributed by atoms with Crippen LogP contribution in [0.2, 0.25) is 0 Å². The van der Waals surface area contributed by atoms with Crippen LogP contribution in [0.15, 0.2) is 54.0 Å². The molecular formula is C17H9N5S2. The minimum Gasteiger partial charge on any atom is -0.253 e. The van der Waals surface area contributed by atoms with Crippen molar-refractivity contribution in [1.29, 1.82) is 0 Å². The van der Waals surface area contributed by atoms with E-state index in [1.54, 1.807) is 35.1 Å². The Morgan fingerprint density at radius 3 is 2.25 bits per heavy atom. The SMILES string of the molecule is c1ncnc(-c2csc3c(-c4ccc5nccnc5c4)csc23)n1. The van der Waals surface area contributed by atoms with Crippen LogP contribution >= 0.6 is 22.7 Å². The Kier molecular flexibility index (Phi) is 3.07. The second kappa shape index (κ2) is 5.40. The third kappa shape index (κ3) is 2.10. The molecule has 0 N–H and O–H groups in total. The van der Waals surface area contributed by atoms with Gasteiger partial charge >= 0.3 is 0 Å². The molecule has 114 valence electrons. The molecule has 0 fully saturated rings. The Morgan fingerprint density at radius 1 is 0.708 bits per heavy atom. The largest absolute Gasteiger partial charge is 0.253 e. The van der Waals surface area contributed by atoms with Crippen molar-refractivity contribution in [3.8, 4) is 22.5 Å². The van der Waals surface area contributed by atoms with E-state index in [1.165, 1.54) is 27.6 Å². The Hall–Kier alpha value is -2.77. The van der Waals surface area contributed by atoms with Crippen molar-refractivity contribution in [3.63, 3.8) is 0 Å². The maximum absolute atomic E-state index is 4.40. The van der Waals surface area contributed by atoms with Gasteiger partial charge in [0.25, 0.3) is 0 Å². The molecule has 7 heteroatoms. The summed E-state index contributed by atoms with van der Waals surface area (Å²) in [7, 11) is 0. The first kappa shape index (κ1) is 13.6. The molecule has 0 aliphatic carbocycles. The molecule has 0 radical (unpaired) electrons. The standard InChI is InChI=1S/C17H9N5S2/c1-2-13-14(20-4-3-19-13)5-10(1)11-6-23-16-12(7-24-15(11)16)17-21-8-18-9-22-17/h1-9H. The predicted molar refractivity (Wildman–Crippen MR) is 97.1 cm³/mol. The summed E-state index contributed by atoms with van der Waals surface area (Å²) in [5, 5.41) is 4.30. The zero-order chi connectivity index (χ0) is 15.9. The molecule has 4 heterocycles. The minimum atomic E-state index is 0.717. The van der Waals surface area contributed by atoms with Gasteiger partial charge < -0.3 is 0 Å². The predicted octanol–water partition coefficient (Wildman–Crippen LogP) is 4.43. The molecule has 0 saturated carbocycles. The summed E-state index contributed by atoms with van der Waals surface area (Å²) >= 11 is 3.43. The Balaban J connectivity index is 1.69. The van der Waals surface area contributed by atoms with Crippen molar-refractivity contribution in [2.75, 3.05) is 0 Å². The first-order valence-electron chi connectivity index (χ1n) is 7.22. The molecule has 0 bridgehead atoms. The fourth-order valence-electron chi connectivity index (χ4n) is 2.68. The fraction of sp³-hybridized carbons (Fsp3) is 0. The van der Waals surface area contributed by atoms with E-state index in [2.05, 4.69) is 47.8 Å².